The smallest absolute Gasteiger partial charge is 0.255 e. The molecule has 0 bridgehead atoms. The van der Waals surface area contributed by atoms with Gasteiger partial charge >= 0.3 is 0 Å². The summed E-state index contributed by atoms with van der Waals surface area (Å²) in [5.41, 5.74) is 2.34. The maximum absolute atomic E-state index is 12.4. The van der Waals surface area contributed by atoms with Crippen molar-refractivity contribution in [2.45, 2.75) is 19.5 Å². The molecular formula is C17H15NO2. The molecule has 20 heavy (non-hydrogen) atoms. The number of benzene rings is 2. The number of nitrogens with zero attached hydrogens (tertiary/aromatic N) is 1. The fraction of sp³-hybridized carbons (Fsp3) is 0.176. The van der Waals surface area contributed by atoms with Crippen LogP contribution in [-0.4, -0.2) is 22.6 Å². The van der Waals surface area contributed by atoms with Gasteiger partial charge in [-0.3, -0.25) is 9.59 Å². The van der Waals surface area contributed by atoms with Gasteiger partial charge < -0.3 is 4.90 Å². The molecular weight excluding hydrogens is 250 g/mol. The second-order valence-corrected chi connectivity index (χ2v) is 5.00. The first-order valence-electron chi connectivity index (χ1n) is 6.66. The summed E-state index contributed by atoms with van der Waals surface area (Å²) in [6.45, 7) is 2.30. The Kier molecular flexibility index (Phi) is 3.11. The van der Waals surface area contributed by atoms with E-state index in [0.717, 1.165) is 5.56 Å². The zero-order chi connectivity index (χ0) is 14.1. The summed E-state index contributed by atoms with van der Waals surface area (Å²) >= 11 is 0. The number of ketones is 1. The second kappa shape index (κ2) is 4.93. The normalized spacial score (nSPS) is 15.1. The minimum Gasteiger partial charge on any atom is -0.324 e. The van der Waals surface area contributed by atoms with Crippen molar-refractivity contribution in [3.05, 3.63) is 71.3 Å². The highest BCUT2D eigenvalue weighted by atomic mass is 16.2. The van der Waals surface area contributed by atoms with E-state index in [1.807, 2.05) is 42.5 Å². The van der Waals surface area contributed by atoms with Crippen LogP contribution in [0.4, 0.5) is 0 Å². The molecule has 1 aliphatic heterocycles. The predicted octanol–water partition coefficient (Wildman–Crippen LogP) is 2.91. The van der Waals surface area contributed by atoms with Crippen molar-refractivity contribution in [1.82, 2.24) is 4.90 Å². The Balaban J connectivity index is 1.85. The van der Waals surface area contributed by atoms with Gasteiger partial charge in [0.05, 0.1) is 6.04 Å². The first kappa shape index (κ1) is 12.6. The quantitative estimate of drug-likeness (QED) is 0.800. The van der Waals surface area contributed by atoms with E-state index in [2.05, 4.69) is 0 Å². The number of hydrogen-bond donors (Lipinski definition) is 0. The lowest BCUT2D eigenvalue weighted by atomic mass is 10.0. The summed E-state index contributed by atoms with van der Waals surface area (Å²) in [5.74, 6) is -0.0795. The van der Waals surface area contributed by atoms with E-state index < -0.39 is 6.04 Å². The summed E-state index contributed by atoms with van der Waals surface area (Å²) in [5, 5.41) is 0. The largest absolute Gasteiger partial charge is 0.324 e. The Hall–Kier alpha value is -2.42. The minimum atomic E-state index is -0.447. The second-order valence-electron chi connectivity index (χ2n) is 5.00. The van der Waals surface area contributed by atoms with Gasteiger partial charge in [-0.15, -0.1) is 0 Å². The topological polar surface area (TPSA) is 37.4 Å². The number of Topliss-reactive ketones (excluding diaryl/α,β-unsaturated/α-hetero) is 1. The highest BCUT2D eigenvalue weighted by Crippen LogP contribution is 2.25. The van der Waals surface area contributed by atoms with Crippen LogP contribution in [0.25, 0.3) is 0 Å². The Morgan fingerprint density at radius 2 is 1.70 bits per heavy atom. The standard InChI is InChI=1S/C17H15NO2/c1-12(16(19)13-7-3-2-4-8-13)18-11-14-9-5-6-10-15(14)17(18)20/h2-10,12H,11H2,1H3. The fourth-order valence-corrected chi connectivity index (χ4v) is 2.57. The van der Waals surface area contributed by atoms with Gasteiger partial charge in [0.2, 0.25) is 0 Å². The van der Waals surface area contributed by atoms with Crippen LogP contribution in [0.1, 0.15) is 33.2 Å². The summed E-state index contributed by atoms with van der Waals surface area (Å²) in [6, 6.07) is 16.2. The Morgan fingerprint density at radius 3 is 2.40 bits per heavy atom. The summed E-state index contributed by atoms with van der Waals surface area (Å²) in [4.78, 5) is 26.4. The fourth-order valence-electron chi connectivity index (χ4n) is 2.57. The van der Waals surface area contributed by atoms with Crippen molar-refractivity contribution in [3.63, 3.8) is 0 Å². The van der Waals surface area contributed by atoms with Crippen molar-refractivity contribution in [2.75, 3.05) is 0 Å². The highest BCUT2D eigenvalue weighted by molar-refractivity contribution is 6.05. The molecule has 1 heterocycles. The van der Waals surface area contributed by atoms with Crippen LogP contribution in [0, 0.1) is 0 Å². The van der Waals surface area contributed by atoms with Crippen LogP contribution in [0.3, 0.4) is 0 Å². The van der Waals surface area contributed by atoms with Crippen molar-refractivity contribution in [1.29, 1.82) is 0 Å². The molecule has 1 aliphatic rings. The predicted molar refractivity (Wildman–Crippen MR) is 76.6 cm³/mol. The number of rotatable bonds is 3. The van der Waals surface area contributed by atoms with Gasteiger partial charge in [0.25, 0.3) is 5.91 Å². The van der Waals surface area contributed by atoms with E-state index in [-0.39, 0.29) is 11.7 Å². The lowest BCUT2D eigenvalue weighted by Gasteiger charge is -2.23. The van der Waals surface area contributed by atoms with Crippen molar-refractivity contribution in [2.24, 2.45) is 0 Å². The van der Waals surface area contributed by atoms with E-state index in [9.17, 15) is 9.59 Å². The number of fused-ring (bicyclic) bond motifs is 1. The molecule has 0 saturated carbocycles. The van der Waals surface area contributed by atoms with Gasteiger partial charge in [0.15, 0.2) is 5.78 Å². The lowest BCUT2D eigenvalue weighted by molar-refractivity contribution is 0.0646. The molecule has 3 rings (SSSR count). The highest BCUT2D eigenvalue weighted by Gasteiger charge is 2.33. The molecule has 0 spiro atoms. The van der Waals surface area contributed by atoms with Gasteiger partial charge in [-0.25, -0.2) is 0 Å². The minimum absolute atomic E-state index is 0.0215. The lowest BCUT2D eigenvalue weighted by Crippen LogP contribution is -2.39. The van der Waals surface area contributed by atoms with Crippen molar-refractivity contribution < 1.29 is 9.59 Å². The maximum atomic E-state index is 12.4. The van der Waals surface area contributed by atoms with Crippen LogP contribution in [0.2, 0.25) is 0 Å². The van der Waals surface area contributed by atoms with Gasteiger partial charge in [0, 0.05) is 17.7 Å². The summed E-state index contributed by atoms with van der Waals surface area (Å²) in [7, 11) is 0. The molecule has 0 N–H and O–H groups in total. The monoisotopic (exact) mass is 265 g/mol. The zero-order valence-corrected chi connectivity index (χ0v) is 11.2. The van der Waals surface area contributed by atoms with Crippen LogP contribution in [-0.2, 0) is 6.54 Å². The third kappa shape index (κ3) is 2.01. The number of carbonyl (C=O) groups excluding carboxylic acids is 2. The Bertz CT molecular complexity index is 664. The number of amides is 1. The third-order valence-electron chi connectivity index (χ3n) is 3.75. The van der Waals surface area contributed by atoms with Crippen LogP contribution >= 0.6 is 0 Å². The van der Waals surface area contributed by atoms with Gasteiger partial charge in [0.1, 0.15) is 0 Å². The zero-order valence-electron chi connectivity index (χ0n) is 11.2. The van der Waals surface area contributed by atoms with E-state index in [1.165, 1.54) is 0 Å². The molecule has 1 atom stereocenters. The van der Waals surface area contributed by atoms with Crippen LogP contribution < -0.4 is 0 Å². The van der Waals surface area contributed by atoms with Crippen molar-refractivity contribution >= 4 is 11.7 Å². The molecule has 1 amide bonds. The Morgan fingerprint density at radius 1 is 1.05 bits per heavy atom. The molecule has 100 valence electrons. The van der Waals surface area contributed by atoms with Crippen LogP contribution in [0.15, 0.2) is 54.6 Å². The third-order valence-corrected chi connectivity index (χ3v) is 3.75. The SMILES string of the molecule is CC(C(=O)c1ccccc1)N1Cc2ccccc2C1=O. The van der Waals surface area contributed by atoms with E-state index in [4.69, 9.17) is 0 Å². The van der Waals surface area contributed by atoms with E-state index >= 15 is 0 Å². The Labute approximate surface area is 117 Å². The number of hydrogen-bond acceptors (Lipinski definition) is 2. The maximum Gasteiger partial charge on any atom is 0.255 e. The molecule has 0 fully saturated rings. The molecule has 0 aromatic heterocycles. The molecule has 0 radical (unpaired) electrons. The average Bonchev–Trinajstić information content (AvgIpc) is 2.84. The van der Waals surface area contributed by atoms with Gasteiger partial charge in [-0.05, 0) is 18.6 Å². The van der Waals surface area contributed by atoms with Crippen molar-refractivity contribution in [3.8, 4) is 0 Å². The molecule has 2 aromatic carbocycles. The van der Waals surface area contributed by atoms with E-state index in [1.54, 1.807) is 24.0 Å². The van der Waals surface area contributed by atoms with Gasteiger partial charge in [-0.1, -0.05) is 48.5 Å². The summed E-state index contributed by atoms with van der Waals surface area (Å²) < 4.78 is 0. The molecule has 2 aromatic rings. The summed E-state index contributed by atoms with van der Waals surface area (Å²) in [6.07, 6.45) is 0. The molecule has 0 saturated heterocycles. The molecule has 0 aliphatic carbocycles. The molecule has 1 unspecified atom stereocenters. The first-order valence-corrected chi connectivity index (χ1v) is 6.66. The van der Waals surface area contributed by atoms with E-state index in [0.29, 0.717) is 17.7 Å². The first-order chi connectivity index (χ1) is 9.68. The molecule has 3 heteroatoms. The van der Waals surface area contributed by atoms with Crippen LogP contribution in [0.5, 0.6) is 0 Å². The average molecular weight is 265 g/mol. The van der Waals surface area contributed by atoms with Gasteiger partial charge in [-0.2, -0.15) is 0 Å². The molecule has 3 nitrogen and oxygen atoms in total. The number of carbonyl (C=O) groups is 2.